The number of carboxylic acids is 1. The quantitative estimate of drug-likeness (QED) is 0.869. The summed E-state index contributed by atoms with van der Waals surface area (Å²) < 4.78 is 28.3. The van der Waals surface area contributed by atoms with Gasteiger partial charge in [0.05, 0.1) is 11.3 Å². The first kappa shape index (κ1) is 14.3. The molecule has 1 aromatic rings. The van der Waals surface area contributed by atoms with E-state index in [1.807, 2.05) is 0 Å². The number of hydrogen-bond acceptors (Lipinski definition) is 3. The predicted molar refractivity (Wildman–Crippen MR) is 74.5 cm³/mol. The summed E-state index contributed by atoms with van der Waals surface area (Å²) >= 11 is 3.17. The number of rotatable bonds is 4. The summed E-state index contributed by atoms with van der Waals surface area (Å²) in [5.41, 5.74) is 0.424. The van der Waals surface area contributed by atoms with Crippen molar-refractivity contribution in [1.82, 2.24) is 4.31 Å². The minimum atomic E-state index is -3.56. The zero-order chi connectivity index (χ0) is 14.0. The number of carboxylic acid groups (broad SMARTS) is 1. The number of hydrogen-bond donors (Lipinski definition) is 2. The molecule has 0 unspecified atom stereocenters. The molecule has 1 aliphatic heterocycles. The fourth-order valence-electron chi connectivity index (χ4n) is 1.86. The third kappa shape index (κ3) is 3.26. The Labute approximate surface area is 119 Å². The SMILES string of the molecule is O=C(O)c1ccc(NS(=O)(=O)N2CCCC2)c(Br)c1. The van der Waals surface area contributed by atoms with Gasteiger partial charge >= 0.3 is 16.2 Å². The molecule has 1 fully saturated rings. The van der Waals surface area contributed by atoms with Crippen molar-refractivity contribution >= 4 is 37.8 Å². The number of benzene rings is 1. The zero-order valence-corrected chi connectivity index (χ0v) is 12.4. The van der Waals surface area contributed by atoms with Crippen LogP contribution in [0.4, 0.5) is 5.69 Å². The summed E-state index contributed by atoms with van der Waals surface area (Å²) in [5, 5.41) is 8.84. The molecule has 1 aromatic carbocycles. The molecule has 1 heterocycles. The monoisotopic (exact) mass is 348 g/mol. The van der Waals surface area contributed by atoms with Crippen LogP contribution in [0.25, 0.3) is 0 Å². The molecule has 0 aliphatic carbocycles. The van der Waals surface area contributed by atoms with Gasteiger partial charge in [0.25, 0.3) is 0 Å². The minimum absolute atomic E-state index is 0.0935. The lowest BCUT2D eigenvalue weighted by molar-refractivity contribution is 0.0697. The highest BCUT2D eigenvalue weighted by Gasteiger charge is 2.25. The second-order valence-electron chi connectivity index (χ2n) is 4.21. The number of nitrogens with one attached hydrogen (secondary N) is 1. The van der Waals surface area contributed by atoms with Crippen LogP contribution in [-0.2, 0) is 10.2 Å². The van der Waals surface area contributed by atoms with E-state index in [9.17, 15) is 13.2 Å². The molecule has 0 radical (unpaired) electrons. The van der Waals surface area contributed by atoms with Crippen LogP contribution in [0.2, 0.25) is 0 Å². The third-order valence-electron chi connectivity index (χ3n) is 2.86. The molecule has 1 aliphatic rings. The lowest BCUT2D eigenvalue weighted by Crippen LogP contribution is -2.33. The third-order valence-corrected chi connectivity index (χ3v) is 5.04. The Morgan fingerprint density at radius 1 is 1.32 bits per heavy atom. The second-order valence-corrected chi connectivity index (χ2v) is 6.74. The number of halogens is 1. The minimum Gasteiger partial charge on any atom is -0.478 e. The fourth-order valence-corrected chi connectivity index (χ4v) is 3.80. The van der Waals surface area contributed by atoms with Crippen LogP contribution in [0.1, 0.15) is 23.2 Å². The largest absolute Gasteiger partial charge is 0.478 e. The maximum Gasteiger partial charge on any atom is 0.335 e. The van der Waals surface area contributed by atoms with Gasteiger partial charge in [-0.15, -0.1) is 0 Å². The van der Waals surface area contributed by atoms with Crippen molar-refractivity contribution in [3.8, 4) is 0 Å². The smallest absolute Gasteiger partial charge is 0.335 e. The van der Waals surface area contributed by atoms with Gasteiger partial charge in [-0.1, -0.05) is 0 Å². The Balaban J connectivity index is 2.21. The van der Waals surface area contributed by atoms with Gasteiger partial charge < -0.3 is 5.11 Å². The van der Waals surface area contributed by atoms with Gasteiger partial charge in [0.15, 0.2) is 0 Å². The van der Waals surface area contributed by atoms with Gasteiger partial charge in [-0.2, -0.15) is 12.7 Å². The van der Waals surface area contributed by atoms with Gasteiger partial charge in [-0.3, -0.25) is 4.72 Å². The highest BCUT2D eigenvalue weighted by Crippen LogP contribution is 2.26. The summed E-state index contributed by atoms with van der Waals surface area (Å²) in [6, 6.07) is 4.15. The van der Waals surface area contributed by atoms with E-state index in [0.717, 1.165) is 12.8 Å². The number of carbonyl (C=O) groups is 1. The van der Waals surface area contributed by atoms with Crippen molar-refractivity contribution in [2.75, 3.05) is 17.8 Å². The first-order valence-electron chi connectivity index (χ1n) is 5.71. The van der Waals surface area contributed by atoms with Crippen molar-refractivity contribution in [1.29, 1.82) is 0 Å². The molecule has 0 amide bonds. The van der Waals surface area contributed by atoms with E-state index in [2.05, 4.69) is 20.7 Å². The van der Waals surface area contributed by atoms with Crippen LogP contribution in [0.5, 0.6) is 0 Å². The molecule has 0 atom stereocenters. The number of anilines is 1. The van der Waals surface area contributed by atoms with E-state index in [-0.39, 0.29) is 5.56 Å². The highest BCUT2D eigenvalue weighted by molar-refractivity contribution is 9.10. The molecule has 0 aromatic heterocycles. The van der Waals surface area contributed by atoms with Crippen molar-refractivity contribution in [3.63, 3.8) is 0 Å². The van der Waals surface area contributed by atoms with Crippen LogP contribution >= 0.6 is 15.9 Å². The summed E-state index contributed by atoms with van der Waals surface area (Å²) in [4.78, 5) is 10.8. The molecular weight excluding hydrogens is 336 g/mol. The first-order chi connectivity index (χ1) is 8.90. The molecule has 2 rings (SSSR count). The summed E-state index contributed by atoms with van der Waals surface area (Å²) in [6.07, 6.45) is 1.72. The lowest BCUT2D eigenvalue weighted by Gasteiger charge is -2.17. The van der Waals surface area contributed by atoms with E-state index in [1.54, 1.807) is 0 Å². The molecule has 6 nitrogen and oxygen atoms in total. The Morgan fingerprint density at radius 2 is 1.95 bits per heavy atom. The Bertz CT molecular complexity index is 597. The predicted octanol–water partition coefficient (Wildman–Crippen LogP) is 1.90. The zero-order valence-electron chi connectivity index (χ0n) is 9.97. The molecule has 0 spiro atoms. The number of nitrogens with zero attached hydrogens (tertiary/aromatic N) is 1. The molecule has 1 saturated heterocycles. The van der Waals surface area contributed by atoms with E-state index in [1.165, 1.54) is 22.5 Å². The van der Waals surface area contributed by atoms with Crippen molar-refractivity contribution in [2.24, 2.45) is 0 Å². The van der Waals surface area contributed by atoms with Gasteiger partial charge in [-0.05, 0) is 47.0 Å². The fraction of sp³-hybridized carbons (Fsp3) is 0.364. The van der Waals surface area contributed by atoms with Crippen LogP contribution in [-0.4, -0.2) is 36.9 Å². The van der Waals surface area contributed by atoms with Crippen LogP contribution in [0.15, 0.2) is 22.7 Å². The number of aromatic carboxylic acids is 1. The molecule has 19 heavy (non-hydrogen) atoms. The topological polar surface area (TPSA) is 86.7 Å². The molecule has 0 saturated carbocycles. The molecule has 2 N–H and O–H groups in total. The van der Waals surface area contributed by atoms with E-state index >= 15 is 0 Å². The maximum absolute atomic E-state index is 12.1. The molecule has 0 bridgehead atoms. The Morgan fingerprint density at radius 3 is 2.47 bits per heavy atom. The van der Waals surface area contributed by atoms with Crippen LogP contribution < -0.4 is 4.72 Å². The van der Waals surface area contributed by atoms with Crippen molar-refractivity contribution < 1.29 is 18.3 Å². The first-order valence-corrected chi connectivity index (χ1v) is 7.94. The molecule has 104 valence electrons. The van der Waals surface area contributed by atoms with Crippen molar-refractivity contribution in [3.05, 3.63) is 28.2 Å². The van der Waals surface area contributed by atoms with E-state index in [0.29, 0.717) is 23.2 Å². The molecule has 8 heteroatoms. The van der Waals surface area contributed by atoms with Crippen molar-refractivity contribution in [2.45, 2.75) is 12.8 Å². The average Bonchev–Trinajstić information content (AvgIpc) is 2.85. The summed E-state index contributed by atoms with van der Waals surface area (Å²) in [5.74, 6) is -1.06. The van der Waals surface area contributed by atoms with Gasteiger partial charge in [0.1, 0.15) is 0 Å². The van der Waals surface area contributed by atoms with Crippen LogP contribution in [0, 0.1) is 0 Å². The second kappa shape index (κ2) is 5.48. The summed E-state index contributed by atoms with van der Waals surface area (Å²) in [7, 11) is -3.56. The summed E-state index contributed by atoms with van der Waals surface area (Å²) in [6.45, 7) is 1.03. The van der Waals surface area contributed by atoms with E-state index in [4.69, 9.17) is 5.11 Å². The average molecular weight is 349 g/mol. The normalized spacial score (nSPS) is 16.5. The van der Waals surface area contributed by atoms with Gasteiger partial charge in [-0.25, -0.2) is 4.79 Å². The van der Waals surface area contributed by atoms with Crippen LogP contribution in [0.3, 0.4) is 0 Å². The maximum atomic E-state index is 12.1. The Hall–Kier alpha value is -1.12. The highest BCUT2D eigenvalue weighted by atomic mass is 79.9. The van der Waals surface area contributed by atoms with Gasteiger partial charge in [0, 0.05) is 17.6 Å². The standard InChI is InChI=1S/C11H13BrN2O4S/c12-9-7-8(11(15)16)3-4-10(9)13-19(17,18)14-5-1-2-6-14/h3-4,7,13H,1-2,5-6H2,(H,15,16). The van der Waals surface area contributed by atoms with E-state index < -0.39 is 16.2 Å². The van der Waals surface area contributed by atoms with Gasteiger partial charge in [0.2, 0.25) is 0 Å². The molecular formula is C11H13BrN2O4S. The Kier molecular flexibility index (Phi) is 4.12. The lowest BCUT2D eigenvalue weighted by atomic mass is 10.2.